The Labute approximate surface area is 109 Å². The maximum atomic E-state index is 12.5. The molecule has 1 aromatic heterocycles. The molecule has 0 aliphatic heterocycles. The predicted octanol–water partition coefficient (Wildman–Crippen LogP) is 2.04. The average molecular weight is 256 g/mol. The van der Waals surface area contributed by atoms with Crippen LogP contribution in [0.1, 0.15) is 0 Å². The molecule has 2 aromatic carbocycles. The van der Waals surface area contributed by atoms with Crippen molar-refractivity contribution in [1.82, 2.24) is 4.98 Å². The van der Waals surface area contributed by atoms with E-state index in [9.17, 15) is 5.21 Å². The molecule has 0 saturated carbocycles. The highest BCUT2D eigenvalue weighted by molar-refractivity contribution is 5.87. The molecule has 0 saturated heterocycles. The van der Waals surface area contributed by atoms with Gasteiger partial charge in [0, 0.05) is 6.07 Å². The second-order valence-corrected chi connectivity index (χ2v) is 4.06. The van der Waals surface area contributed by atoms with E-state index in [0.29, 0.717) is 33.6 Å². The van der Waals surface area contributed by atoms with Gasteiger partial charge < -0.3 is 14.7 Å². The van der Waals surface area contributed by atoms with Crippen LogP contribution in [0.15, 0.2) is 36.4 Å². The van der Waals surface area contributed by atoms with E-state index in [0.717, 1.165) is 4.73 Å². The number of ether oxygens (including phenoxy) is 2. The van der Waals surface area contributed by atoms with E-state index in [1.54, 1.807) is 43.5 Å². The number of rotatable bonds is 2. The third-order valence-electron chi connectivity index (χ3n) is 3.05. The lowest BCUT2D eigenvalue weighted by Gasteiger charge is -2.09. The molecule has 0 fully saturated rings. The molecule has 5 nitrogen and oxygen atoms in total. The summed E-state index contributed by atoms with van der Waals surface area (Å²) in [6.45, 7) is 0. The second-order valence-electron chi connectivity index (χ2n) is 4.06. The Morgan fingerprint density at radius 1 is 1.00 bits per heavy atom. The summed E-state index contributed by atoms with van der Waals surface area (Å²) in [7, 11) is 3.09. The van der Waals surface area contributed by atoms with Crippen molar-refractivity contribution in [2.24, 2.45) is 0 Å². The first-order valence-electron chi connectivity index (χ1n) is 5.79. The molecule has 3 aromatic rings. The smallest absolute Gasteiger partial charge is 0.285 e. The van der Waals surface area contributed by atoms with E-state index in [-0.39, 0.29) is 0 Å². The number of nitrogens with zero attached hydrogens (tertiary/aromatic N) is 2. The van der Waals surface area contributed by atoms with E-state index < -0.39 is 0 Å². The first-order valence-corrected chi connectivity index (χ1v) is 5.79. The SMILES string of the molecule is COc1cccc2c1nc1cccc(OC)c1[n+]2[O-]. The van der Waals surface area contributed by atoms with Crippen LogP contribution in [0.2, 0.25) is 0 Å². The molecule has 96 valence electrons. The summed E-state index contributed by atoms with van der Waals surface area (Å²) in [6.07, 6.45) is 0. The molecule has 0 aliphatic rings. The highest BCUT2D eigenvalue weighted by Gasteiger charge is 2.18. The zero-order chi connectivity index (χ0) is 13.4. The Kier molecular flexibility index (Phi) is 2.59. The van der Waals surface area contributed by atoms with Crippen molar-refractivity contribution in [3.05, 3.63) is 41.6 Å². The topological polar surface area (TPSA) is 58.3 Å². The van der Waals surface area contributed by atoms with Crippen LogP contribution in [0, 0.1) is 5.21 Å². The van der Waals surface area contributed by atoms with Gasteiger partial charge >= 0.3 is 0 Å². The largest absolute Gasteiger partial charge is 0.618 e. The van der Waals surface area contributed by atoms with Crippen LogP contribution in [0.5, 0.6) is 11.5 Å². The highest BCUT2D eigenvalue weighted by atomic mass is 16.5. The van der Waals surface area contributed by atoms with Gasteiger partial charge in [0.1, 0.15) is 5.52 Å². The van der Waals surface area contributed by atoms with Crippen LogP contribution in [-0.4, -0.2) is 19.2 Å². The molecule has 0 spiro atoms. The molecule has 0 N–H and O–H groups in total. The molecule has 5 heteroatoms. The lowest BCUT2D eigenvalue weighted by molar-refractivity contribution is -0.548. The summed E-state index contributed by atoms with van der Waals surface area (Å²) >= 11 is 0. The lowest BCUT2D eigenvalue weighted by atomic mass is 10.2. The Morgan fingerprint density at radius 3 is 2.42 bits per heavy atom. The zero-order valence-electron chi connectivity index (χ0n) is 10.6. The number of fused-ring (bicyclic) bond motifs is 2. The van der Waals surface area contributed by atoms with E-state index in [4.69, 9.17) is 9.47 Å². The first-order chi connectivity index (χ1) is 9.26. The van der Waals surface area contributed by atoms with Crippen molar-refractivity contribution < 1.29 is 14.2 Å². The third kappa shape index (κ3) is 1.62. The summed E-state index contributed by atoms with van der Waals surface area (Å²) in [5.74, 6) is 1.08. The Morgan fingerprint density at radius 2 is 1.68 bits per heavy atom. The standard InChI is InChI=1S/C14H12N2O3/c1-18-11-7-4-6-10-13(11)15-9-5-3-8-12(19-2)14(9)16(10)17/h3-8H,1-2H3. The maximum Gasteiger partial charge on any atom is 0.285 e. The minimum absolute atomic E-state index is 0.422. The summed E-state index contributed by atoms with van der Waals surface area (Å²) in [6, 6.07) is 10.6. The minimum Gasteiger partial charge on any atom is -0.618 e. The number of para-hydroxylation sites is 2. The Bertz CT molecular complexity index is 771. The minimum atomic E-state index is 0.422. The summed E-state index contributed by atoms with van der Waals surface area (Å²) < 4.78 is 11.3. The Hall–Kier alpha value is -2.56. The quantitative estimate of drug-likeness (QED) is 0.400. The van der Waals surface area contributed by atoms with Gasteiger partial charge in [-0.2, -0.15) is 4.73 Å². The fourth-order valence-electron chi connectivity index (χ4n) is 2.16. The molecule has 1 heterocycles. The van der Waals surface area contributed by atoms with E-state index in [2.05, 4.69) is 4.98 Å². The van der Waals surface area contributed by atoms with Gasteiger partial charge in [-0.1, -0.05) is 12.1 Å². The number of hydrogen-bond acceptors (Lipinski definition) is 4. The van der Waals surface area contributed by atoms with Crippen LogP contribution in [-0.2, 0) is 0 Å². The number of hydrogen-bond donors (Lipinski definition) is 0. The van der Waals surface area contributed by atoms with Crippen molar-refractivity contribution in [1.29, 1.82) is 0 Å². The van der Waals surface area contributed by atoms with Crippen molar-refractivity contribution >= 4 is 22.1 Å². The Balaban J connectivity index is 2.52. The summed E-state index contributed by atoms with van der Waals surface area (Å²) in [4.78, 5) is 4.49. The average Bonchev–Trinajstić information content (AvgIpc) is 2.46. The fourth-order valence-corrected chi connectivity index (χ4v) is 2.16. The molecule has 19 heavy (non-hydrogen) atoms. The van der Waals surface area contributed by atoms with Crippen LogP contribution in [0.25, 0.3) is 22.1 Å². The summed E-state index contributed by atoms with van der Waals surface area (Å²) in [5, 5.41) is 12.5. The monoisotopic (exact) mass is 256 g/mol. The number of methoxy groups -OCH3 is 2. The van der Waals surface area contributed by atoms with Gasteiger partial charge in [0.2, 0.25) is 5.52 Å². The van der Waals surface area contributed by atoms with Gasteiger partial charge in [0.15, 0.2) is 17.0 Å². The maximum absolute atomic E-state index is 12.5. The van der Waals surface area contributed by atoms with Gasteiger partial charge in [-0.15, -0.1) is 0 Å². The summed E-state index contributed by atoms with van der Waals surface area (Å²) in [5.41, 5.74) is 1.99. The molecule has 0 aliphatic carbocycles. The molecule has 0 amide bonds. The molecule has 0 unspecified atom stereocenters. The van der Waals surface area contributed by atoms with Crippen LogP contribution in [0.4, 0.5) is 0 Å². The van der Waals surface area contributed by atoms with Gasteiger partial charge in [-0.05, 0) is 18.2 Å². The van der Waals surface area contributed by atoms with E-state index >= 15 is 0 Å². The lowest BCUT2D eigenvalue weighted by Crippen LogP contribution is -2.29. The third-order valence-corrected chi connectivity index (χ3v) is 3.05. The number of benzene rings is 2. The van der Waals surface area contributed by atoms with Crippen molar-refractivity contribution in [3.63, 3.8) is 0 Å². The van der Waals surface area contributed by atoms with E-state index in [1.807, 2.05) is 0 Å². The van der Waals surface area contributed by atoms with Gasteiger partial charge in [0.25, 0.3) is 5.52 Å². The van der Waals surface area contributed by atoms with Crippen LogP contribution >= 0.6 is 0 Å². The van der Waals surface area contributed by atoms with E-state index in [1.165, 1.54) is 7.11 Å². The first kappa shape index (κ1) is 11.5. The molecular weight excluding hydrogens is 244 g/mol. The normalized spacial score (nSPS) is 10.8. The van der Waals surface area contributed by atoms with Crippen molar-refractivity contribution in [3.8, 4) is 11.5 Å². The van der Waals surface area contributed by atoms with Crippen LogP contribution < -0.4 is 14.2 Å². The zero-order valence-corrected chi connectivity index (χ0v) is 10.6. The highest BCUT2D eigenvalue weighted by Crippen LogP contribution is 2.27. The van der Waals surface area contributed by atoms with Gasteiger partial charge in [-0.3, -0.25) is 0 Å². The van der Waals surface area contributed by atoms with Gasteiger partial charge in [0.05, 0.1) is 14.2 Å². The van der Waals surface area contributed by atoms with Crippen molar-refractivity contribution in [2.75, 3.05) is 14.2 Å². The van der Waals surface area contributed by atoms with Crippen LogP contribution in [0.3, 0.4) is 0 Å². The molecular formula is C14H12N2O3. The van der Waals surface area contributed by atoms with Gasteiger partial charge in [-0.25, -0.2) is 4.98 Å². The van der Waals surface area contributed by atoms with Crippen molar-refractivity contribution in [2.45, 2.75) is 0 Å². The molecule has 0 bridgehead atoms. The fraction of sp³-hybridized carbons (Fsp3) is 0.143. The molecule has 3 rings (SSSR count). The number of aromatic nitrogens is 2. The molecule has 0 atom stereocenters. The predicted molar refractivity (Wildman–Crippen MR) is 71.3 cm³/mol. The molecule has 0 radical (unpaired) electrons. The second kappa shape index (κ2) is 4.28.